The van der Waals surface area contributed by atoms with Crippen molar-refractivity contribution in [2.75, 3.05) is 13.7 Å². The number of amides is 1. The number of carbonyl (C=O) groups excluding carboxylic acids is 1. The zero-order valence-electron chi connectivity index (χ0n) is 14.7. The first-order valence-electron chi connectivity index (χ1n) is 9.18. The van der Waals surface area contributed by atoms with Gasteiger partial charge in [0.15, 0.2) is 0 Å². The Balaban J connectivity index is 1.42. The van der Waals surface area contributed by atoms with Crippen molar-refractivity contribution < 1.29 is 9.53 Å². The Hall–Kier alpha value is -2.30. The van der Waals surface area contributed by atoms with Gasteiger partial charge in [-0.2, -0.15) is 5.10 Å². The number of methoxy groups -OCH3 is 1. The van der Waals surface area contributed by atoms with Gasteiger partial charge in [-0.15, -0.1) is 0 Å². The Morgan fingerprint density at radius 2 is 2.12 bits per heavy atom. The summed E-state index contributed by atoms with van der Waals surface area (Å²) in [6.07, 6.45) is 8.13. The van der Waals surface area contributed by atoms with Crippen LogP contribution in [0.1, 0.15) is 37.2 Å². The highest BCUT2D eigenvalue weighted by Gasteiger charge is 2.47. The van der Waals surface area contributed by atoms with E-state index >= 15 is 0 Å². The number of piperidine rings is 1. The first kappa shape index (κ1) is 16.2. The number of hydrogen-bond acceptors (Lipinski definition) is 3. The normalized spacial score (nSPS) is 25.6. The first-order valence-corrected chi connectivity index (χ1v) is 9.18. The first-order chi connectivity index (χ1) is 12.3. The quantitative estimate of drug-likeness (QED) is 0.841. The highest BCUT2D eigenvalue weighted by Crippen LogP contribution is 2.49. The molecule has 2 aliphatic rings. The van der Waals surface area contributed by atoms with E-state index in [1.165, 1.54) is 12.0 Å². The van der Waals surface area contributed by atoms with E-state index < -0.39 is 0 Å². The van der Waals surface area contributed by atoms with Crippen LogP contribution in [0, 0.1) is 5.92 Å². The van der Waals surface area contributed by atoms with Crippen molar-refractivity contribution in [1.29, 1.82) is 0 Å². The zero-order chi connectivity index (χ0) is 17.2. The van der Waals surface area contributed by atoms with Gasteiger partial charge in [-0.3, -0.25) is 9.48 Å². The summed E-state index contributed by atoms with van der Waals surface area (Å²) in [6, 6.07) is 10.4. The van der Waals surface area contributed by atoms with E-state index in [1.807, 2.05) is 29.1 Å². The molecule has 132 valence electrons. The van der Waals surface area contributed by atoms with E-state index in [2.05, 4.69) is 22.1 Å². The second-order valence-electron chi connectivity index (χ2n) is 7.13. The predicted molar refractivity (Wildman–Crippen MR) is 95.4 cm³/mol. The molecule has 1 aliphatic carbocycles. The Bertz CT molecular complexity index is 711. The Labute approximate surface area is 148 Å². The van der Waals surface area contributed by atoms with Gasteiger partial charge in [0.05, 0.1) is 19.7 Å². The number of rotatable bonds is 5. The third-order valence-corrected chi connectivity index (χ3v) is 5.52. The minimum Gasteiger partial charge on any atom is -0.497 e. The van der Waals surface area contributed by atoms with E-state index in [4.69, 9.17) is 4.74 Å². The molecule has 0 unspecified atom stereocenters. The lowest BCUT2D eigenvalue weighted by molar-refractivity contribution is -0.136. The van der Waals surface area contributed by atoms with Crippen molar-refractivity contribution in [2.24, 2.45) is 5.92 Å². The fourth-order valence-electron chi connectivity index (χ4n) is 4.01. The monoisotopic (exact) mass is 339 g/mol. The molecule has 3 atom stereocenters. The van der Waals surface area contributed by atoms with Crippen molar-refractivity contribution >= 4 is 5.91 Å². The summed E-state index contributed by atoms with van der Waals surface area (Å²) in [5.41, 5.74) is 1.25. The summed E-state index contributed by atoms with van der Waals surface area (Å²) in [5, 5.41) is 4.31. The minimum atomic E-state index is 0.145. The zero-order valence-corrected chi connectivity index (χ0v) is 14.7. The fraction of sp³-hybridized carbons (Fsp3) is 0.500. The van der Waals surface area contributed by atoms with Gasteiger partial charge in [0.1, 0.15) is 5.75 Å². The molecule has 2 fully saturated rings. The summed E-state index contributed by atoms with van der Waals surface area (Å²) in [4.78, 5) is 15.2. The van der Waals surface area contributed by atoms with Gasteiger partial charge < -0.3 is 9.64 Å². The number of aromatic nitrogens is 2. The standard InChI is InChI=1S/C20H25N3O2/c1-25-17-8-6-15(7-9-17)18-13-19(18)20(24)23-12-3-2-5-16(23)14-22-11-4-10-21-22/h4,6-11,16,18-19H,2-3,5,12-14H2,1H3/t16-,18-,19+/m0/s1. The highest BCUT2D eigenvalue weighted by molar-refractivity contribution is 5.83. The maximum atomic E-state index is 13.1. The van der Waals surface area contributed by atoms with Crippen molar-refractivity contribution in [3.63, 3.8) is 0 Å². The summed E-state index contributed by atoms with van der Waals surface area (Å²) in [6.45, 7) is 1.69. The van der Waals surface area contributed by atoms with Gasteiger partial charge in [-0.25, -0.2) is 0 Å². The van der Waals surface area contributed by atoms with Crippen LogP contribution in [0.3, 0.4) is 0 Å². The average Bonchev–Trinajstić information content (AvgIpc) is 3.30. The van der Waals surface area contributed by atoms with E-state index in [0.29, 0.717) is 11.8 Å². The molecule has 0 radical (unpaired) electrons. The molecule has 1 amide bonds. The highest BCUT2D eigenvalue weighted by atomic mass is 16.5. The second-order valence-corrected chi connectivity index (χ2v) is 7.13. The van der Waals surface area contributed by atoms with Gasteiger partial charge >= 0.3 is 0 Å². The second kappa shape index (κ2) is 6.90. The molecule has 5 nitrogen and oxygen atoms in total. The molecule has 2 heterocycles. The molecule has 25 heavy (non-hydrogen) atoms. The predicted octanol–water partition coefficient (Wildman–Crippen LogP) is 3.08. The molecule has 1 aromatic carbocycles. The molecule has 4 rings (SSSR count). The fourth-order valence-corrected chi connectivity index (χ4v) is 4.01. The van der Waals surface area contributed by atoms with Crippen LogP contribution >= 0.6 is 0 Å². The number of ether oxygens (including phenoxy) is 1. The molecule has 1 aliphatic heterocycles. The SMILES string of the molecule is COc1ccc([C@@H]2C[C@H]2C(=O)N2CCCC[C@H]2Cn2cccn2)cc1. The van der Waals surface area contributed by atoms with Gasteiger partial charge in [0.2, 0.25) is 5.91 Å². The molecule has 1 saturated carbocycles. The molecule has 1 saturated heterocycles. The molecular formula is C20H25N3O2. The molecule has 0 spiro atoms. The van der Waals surface area contributed by atoms with Crippen LogP contribution in [0.5, 0.6) is 5.75 Å². The van der Waals surface area contributed by atoms with Gasteiger partial charge in [0.25, 0.3) is 0 Å². The molecule has 0 bridgehead atoms. The Kier molecular flexibility index (Phi) is 4.47. The minimum absolute atomic E-state index is 0.145. The lowest BCUT2D eigenvalue weighted by atomic mass is 10.0. The Morgan fingerprint density at radius 1 is 1.28 bits per heavy atom. The van der Waals surface area contributed by atoms with Crippen LogP contribution in [0.2, 0.25) is 0 Å². The lowest BCUT2D eigenvalue weighted by Crippen LogP contribution is -2.46. The van der Waals surface area contributed by atoms with Crippen molar-refractivity contribution in [3.8, 4) is 5.75 Å². The molecule has 0 N–H and O–H groups in total. The van der Waals surface area contributed by atoms with Crippen LogP contribution in [-0.4, -0.2) is 40.3 Å². The Morgan fingerprint density at radius 3 is 2.84 bits per heavy atom. The smallest absolute Gasteiger partial charge is 0.226 e. The summed E-state index contributed by atoms with van der Waals surface area (Å²) in [7, 11) is 1.68. The van der Waals surface area contributed by atoms with E-state index in [9.17, 15) is 4.79 Å². The van der Waals surface area contributed by atoms with Crippen LogP contribution in [0.4, 0.5) is 0 Å². The number of nitrogens with zero attached hydrogens (tertiary/aromatic N) is 3. The van der Waals surface area contributed by atoms with Gasteiger partial charge in [-0.1, -0.05) is 12.1 Å². The van der Waals surface area contributed by atoms with Crippen molar-refractivity contribution in [1.82, 2.24) is 14.7 Å². The van der Waals surface area contributed by atoms with Crippen LogP contribution in [0.25, 0.3) is 0 Å². The summed E-state index contributed by atoms with van der Waals surface area (Å²) < 4.78 is 7.17. The molecule has 2 aromatic rings. The van der Waals surface area contributed by atoms with E-state index in [0.717, 1.165) is 38.1 Å². The summed E-state index contributed by atoms with van der Waals surface area (Å²) in [5.74, 6) is 1.71. The lowest BCUT2D eigenvalue weighted by Gasteiger charge is -2.36. The van der Waals surface area contributed by atoms with Crippen LogP contribution in [-0.2, 0) is 11.3 Å². The molecular weight excluding hydrogens is 314 g/mol. The van der Waals surface area contributed by atoms with Crippen molar-refractivity contribution in [3.05, 3.63) is 48.3 Å². The molecule has 1 aromatic heterocycles. The van der Waals surface area contributed by atoms with Crippen molar-refractivity contribution in [2.45, 2.75) is 44.2 Å². The van der Waals surface area contributed by atoms with Crippen LogP contribution < -0.4 is 4.74 Å². The maximum Gasteiger partial charge on any atom is 0.226 e. The number of likely N-dealkylation sites (tertiary alicyclic amines) is 1. The summed E-state index contributed by atoms with van der Waals surface area (Å²) >= 11 is 0. The van der Waals surface area contributed by atoms with Crippen LogP contribution in [0.15, 0.2) is 42.7 Å². The number of carbonyl (C=O) groups is 1. The third-order valence-electron chi connectivity index (χ3n) is 5.52. The number of hydrogen-bond donors (Lipinski definition) is 0. The largest absolute Gasteiger partial charge is 0.497 e. The topological polar surface area (TPSA) is 47.4 Å². The average molecular weight is 339 g/mol. The van der Waals surface area contributed by atoms with E-state index in [-0.39, 0.29) is 12.0 Å². The van der Waals surface area contributed by atoms with Gasteiger partial charge in [-0.05, 0) is 55.4 Å². The maximum absolute atomic E-state index is 13.1. The van der Waals surface area contributed by atoms with E-state index in [1.54, 1.807) is 13.3 Å². The third kappa shape index (κ3) is 3.41. The van der Waals surface area contributed by atoms with Gasteiger partial charge in [0, 0.05) is 24.9 Å². The number of benzene rings is 1. The molecule has 5 heteroatoms.